The van der Waals surface area contributed by atoms with E-state index >= 15 is 0 Å². The zero-order chi connectivity index (χ0) is 24.4. The molecule has 1 aliphatic heterocycles. The van der Waals surface area contributed by atoms with Crippen LogP contribution in [0.3, 0.4) is 0 Å². The number of anilines is 3. The molecule has 9 heteroatoms. The van der Waals surface area contributed by atoms with E-state index < -0.39 is 11.7 Å². The number of nitrogens with two attached hydrogens (primary N) is 1. The van der Waals surface area contributed by atoms with Gasteiger partial charge in [0.05, 0.1) is 12.8 Å². The van der Waals surface area contributed by atoms with Crippen molar-refractivity contribution in [2.75, 3.05) is 55.8 Å². The lowest BCUT2D eigenvalue weighted by Crippen LogP contribution is -2.46. The highest BCUT2D eigenvalue weighted by Gasteiger charge is 2.18. The number of carbonyl (C=O) groups excluding carboxylic acids is 1. The summed E-state index contributed by atoms with van der Waals surface area (Å²) in [5.41, 5.74) is 10.2. The number of fused-ring (bicyclic) bond motifs is 2. The van der Waals surface area contributed by atoms with E-state index in [4.69, 9.17) is 10.2 Å². The Morgan fingerprint density at radius 3 is 2.77 bits per heavy atom. The summed E-state index contributed by atoms with van der Waals surface area (Å²) in [5, 5.41) is 4.25. The van der Waals surface area contributed by atoms with Crippen molar-refractivity contribution in [3.8, 4) is 0 Å². The van der Waals surface area contributed by atoms with Crippen LogP contribution in [0.5, 0.6) is 0 Å². The number of hydrogen-bond donors (Lipinski definition) is 3. The predicted molar refractivity (Wildman–Crippen MR) is 138 cm³/mol. The molecule has 9 nitrogen and oxygen atoms in total. The van der Waals surface area contributed by atoms with E-state index in [-0.39, 0.29) is 5.69 Å². The number of nitrogens with zero attached hydrogens (tertiary/aromatic N) is 2. The summed E-state index contributed by atoms with van der Waals surface area (Å²) < 4.78 is 9.91. The largest absolute Gasteiger partial charge is 0.453 e. The highest BCUT2D eigenvalue weighted by molar-refractivity contribution is 5.91. The first-order chi connectivity index (χ1) is 17.0. The number of benzene rings is 2. The second-order valence-corrected chi connectivity index (χ2v) is 8.84. The molecule has 5 rings (SSSR count). The van der Waals surface area contributed by atoms with Gasteiger partial charge in [0.15, 0.2) is 0 Å². The van der Waals surface area contributed by atoms with E-state index in [1.54, 1.807) is 12.1 Å². The Kier molecular flexibility index (Phi) is 6.33. The first kappa shape index (κ1) is 22.8. The number of aromatic amines is 1. The molecule has 1 aliphatic rings. The van der Waals surface area contributed by atoms with Gasteiger partial charge < -0.3 is 24.8 Å². The highest BCUT2D eigenvalue weighted by Crippen LogP contribution is 2.25. The van der Waals surface area contributed by atoms with Crippen LogP contribution in [0.15, 0.2) is 57.9 Å². The van der Waals surface area contributed by atoms with Crippen molar-refractivity contribution in [2.24, 2.45) is 0 Å². The van der Waals surface area contributed by atoms with Crippen LogP contribution in [0.25, 0.3) is 21.9 Å². The number of aryl methyl sites for hydroxylation is 1. The number of amides is 1. The highest BCUT2D eigenvalue weighted by atomic mass is 16.5. The predicted octanol–water partition coefficient (Wildman–Crippen LogP) is 3.79. The zero-order valence-corrected chi connectivity index (χ0v) is 19.7. The molecule has 0 atom stereocenters. The summed E-state index contributed by atoms with van der Waals surface area (Å²) >= 11 is 0. The number of H-pyrrole nitrogens is 1. The Morgan fingerprint density at radius 2 is 1.97 bits per heavy atom. The van der Waals surface area contributed by atoms with Crippen LogP contribution in [-0.2, 0) is 11.2 Å². The fourth-order valence-corrected chi connectivity index (χ4v) is 4.64. The first-order valence-electron chi connectivity index (χ1n) is 11.8. The molecule has 0 radical (unpaired) electrons. The number of ether oxygens (including phenoxy) is 1. The van der Waals surface area contributed by atoms with Gasteiger partial charge in [-0.1, -0.05) is 6.07 Å². The Bertz CT molecular complexity index is 1420. The van der Waals surface area contributed by atoms with Crippen molar-refractivity contribution in [1.82, 2.24) is 9.88 Å². The Morgan fingerprint density at radius 1 is 1.14 bits per heavy atom. The molecule has 3 heterocycles. The minimum Gasteiger partial charge on any atom is -0.453 e. The molecule has 1 amide bonds. The molecule has 0 bridgehead atoms. The molecule has 4 aromatic rings. The molecule has 0 unspecified atom stereocenters. The molecule has 2 aromatic heterocycles. The Balaban J connectivity index is 1.17. The van der Waals surface area contributed by atoms with Gasteiger partial charge in [-0.3, -0.25) is 10.2 Å². The van der Waals surface area contributed by atoms with Crippen molar-refractivity contribution < 1.29 is 13.9 Å². The molecule has 0 saturated carbocycles. The number of carbonyl (C=O) groups is 1. The minimum absolute atomic E-state index is 0.0599. The molecular formula is C26H29N5O4. The molecule has 4 N–H and O–H groups in total. The smallest absolute Gasteiger partial charge is 0.411 e. The van der Waals surface area contributed by atoms with Gasteiger partial charge in [-0.05, 0) is 61.3 Å². The van der Waals surface area contributed by atoms with Crippen LogP contribution >= 0.6 is 0 Å². The fourth-order valence-electron chi connectivity index (χ4n) is 4.64. The molecule has 0 aliphatic carbocycles. The SMILES string of the molecule is COC(=O)Nc1cc2cc(N3CCN(CCCc4ccc5[nH]cc(N)c5c4)CC3)ccc2oc1=O. The van der Waals surface area contributed by atoms with Gasteiger partial charge in [0.1, 0.15) is 11.3 Å². The molecular weight excluding hydrogens is 446 g/mol. The van der Waals surface area contributed by atoms with Crippen molar-refractivity contribution in [1.29, 1.82) is 0 Å². The molecule has 1 saturated heterocycles. The summed E-state index contributed by atoms with van der Waals surface area (Å²) in [6.07, 6.45) is 3.26. The lowest BCUT2D eigenvalue weighted by molar-refractivity contribution is 0.187. The zero-order valence-electron chi connectivity index (χ0n) is 19.7. The van der Waals surface area contributed by atoms with Crippen LogP contribution in [0.2, 0.25) is 0 Å². The monoisotopic (exact) mass is 475 g/mol. The van der Waals surface area contributed by atoms with Crippen molar-refractivity contribution in [3.63, 3.8) is 0 Å². The third kappa shape index (κ3) is 4.95. The van der Waals surface area contributed by atoms with E-state index in [9.17, 15) is 9.59 Å². The summed E-state index contributed by atoms with van der Waals surface area (Å²) in [7, 11) is 1.24. The fraction of sp³-hybridized carbons (Fsp3) is 0.308. The minimum atomic E-state index is -0.710. The van der Waals surface area contributed by atoms with E-state index in [0.29, 0.717) is 5.58 Å². The van der Waals surface area contributed by atoms with Crippen LogP contribution in [0, 0.1) is 0 Å². The number of methoxy groups -OCH3 is 1. The third-order valence-electron chi connectivity index (χ3n) is 6.59. The Hall–Kier alpha value is -3.98. The summed E-state index contributed by atoms with van der Waals surface area (Å²) in [4.78, 5) is 31.6. The second kappa shape index (κ2) is 9.71. The number of nitrogens with one attached hydrogen (secondary N) is 2. The summed E-state index contributed by atoms with van der Waals surface area (Å²) in [6, 6.07) is 13.8. The van der Waals surface area contributed by atoms with Gasteiger partial charge in [0.2, 0.25) is 0 Å². The van der Waals surface area contributed by atoms with Gasteiger partial charge in [-0.2, -0.15) is 0 Å². The van der Waals surface area contributed by atoms with E-state index in [1.165, 1.54) is 12.7 Å². The van der Waals surface area contributed by atoms with E-state index in [2.05, 4.69) is 43.0 Å². The standard InChI is InChI=1S/C26H29N5O4/c1-34-26(33)29-23-15-18-14-19(5-7-24(18)35-25(23)32)31-11-9-30(10-12-31)8-2-3-17-4-6-22-20(13-17)21(27)16-28-22/h4-7,13-16,28H,2-3,8-12,27H2,1H3,(H,29,33). The van der Waals surface area contributed by atoms with Crippen LogP contribution < -0.4 is 21.6 Å². The van der Waals surface area contributed by atoms with Gasteiger partial charge in [-0.25, -0.2) is 9.59 Å². The Labute approximate surface area is 202 Å². The number of piperazine rings is 1. The molecule has 0 spiro atoms. The van der Waals surface area contributed by atoms with Crippen molar-refractivity contribution in [3.05, 3.63) is 64.6 Å². The van der Waals surface area contributed by atoms with Crippen molar-refractivity contribution in [2.45, 2.75) is 12.8 Å². The van der Waals surface area contributed by atoms with Crippen LogP contribution in [-0.4, -0.2) is 55.8 Å². The second-order valence-electron chi connectivity index (χ2n) is 8.84. The van der Waals surface area contributed by atoms with Gasteiger partial charge in [-0.15, -0.1) is 0 Å². The first-order valence-corrected chi connectivity index (χ1v) is 11.8. The van der Waals surface area contributed by atoms with Crippen LogP contribution in [0.1, 0.15) is 12.0 Å². The topological polar surface area (TPSA) is 117 Å². The quantitative estimate of drug-likeness (QED) is 0.363. The number of aromatic nitrogens is 1. The average Bonchev–Trinajstić information content (AvgIpc) is 3.24. The van der Waals surface area contributed by atoms with Gasteiger partial charge >= 0.3 is 11.7 Å². The number of hydrogen-bond acceptors (Lipinski definition) is 7. The van der Waals surface area contributed by atoms with Crippen LogP contribution in [0.4, 0.5) is 21.9 Å². The van der Waals surface area contributed by atoms with Crippen molar-refractivity contribution >= 4 is 45.0 Å². The molecule has 2 aromatic carbocycles. The average molecular weight is 476 g/mol. The normalized spacial score (nSPS) is 14.5. The lowest BCUT2D eigenvalue weighted by atomic mass is 10.1. The third-order valence-corrected chi connectivity index (χ3v) is 6.59. The summed E-state index contributed by atoms with van der Waals surface area (Å²) in [5.74, 6) is 0. The maximum atomic E-state index is 12.1. The maximum Gasteiger partial charge on any atom is 0.411 e. The molecule has 1 fully saturated rings. The molecule has 35 heavy (non-hydrogen) atoms. The number of nitrogen functional groups attached to an aromatic ring is 1. The van der Waals surface area contributed by atoms with E-state index in [0.717, 1.165) is 73.2 Å². The lowest BCUT2D eigenvalue weighted by Gasteiger charge is -2.36. The molecule has 182 valence electrons. The van der Waals surface area contributed by atoms with Gasteiger partial charge in [0, 0.05) is 54.4 Å². The number of rotatable bonds is 6. The van der Waals surface area contributed by atoms with Gasteiger partial charge in [0.25, 0.3) is 0 Å². The summed E-state index contributed by atoms with van der Waals surface area (Å²) in [6.45, 7) is 4.87. The maximum absolute atomic E-state index is 12.1. The van der Waals surface area contributed by atoms with E-state index in [1.807, 2.05) is 18.3 Å².